The van der Waals surface area contributed by atoms with Gasteiger partial charge in [0.15, 0.2) is 0 Å². The average Bonchev–Trinajstić information content (AvgIpc) is 2.74. The van der Waals surface area contributed by atoms with Crippen LogP contribution in [0.2, 0.25) is 0 Å². The highest BCUT2D eigenvalue weighted by Gasteiger charge is 2.15. The molecule has 4 heteroatoms. The SMILES string of the molecule is Nc1cc(F)ccc1COCC1CCCO1. The van der Waals surface area contributed by atoms with Gasteiger partial charge < -0.3 is 15.2 Å². The maximum atomic E-state index is 12.8. The Kier molecular flexibility index (Phi) is 3.74. The number of rotatable bonds is 4. The molecule has 88 valence electrons. The third-order valence-electron chi connectivity index (χ3n) is 2.69. The van der Waals surface area contributed by atoms with E-state index in [0.717, 1.165) is 25.0 Å². The molecule has 1 saturated heterocycles. The summed E-state index contributed by atoms with van der Waals surface area (Å²) in [5, 5.41) is 0. The van der Waals surface area contributed by atoms with Crippen molar-refractivity contribution >= 4 is 5.69 Å². The zero-order chi connectivity index (χ0) is 11.4. The molecular formula is C12H16FNO2. The average molecular weight is 225 g/mol. The van der Waals surface area contributed by atoms with E-state index in [1.165, 1.54) is 12.1 Å². The van der Waals surface area contributed by atoms with Crippen LogP contribution < -0.4 is 5.73 Å². The minimum absolute atomic E-state index is 0.210. The van der Waals surface area contributed by atoms with Crippen LogP contribution in [-0.2, 0) is 16.1 Å². The maximum Gasteiger partial charge on any atom is 0.125 e. The first-order chi connectivity index (χ1) is 7.75. The van der Waals surface area contributed by atoms with E-state index in [1.807, 2.05) is 0 Å². The van der Waals surface area contributed by atoms with Gasteiger partial charge in [-0.05, 0) is 25.0 Å². The predicted octanol–water partition coefficient (Wildman–Crippen LogP) is 2.10. The van der Waals surface area contributed by atoms with Crippen LogP contribution in [0.3, 0.4) is 0 Å². The molecule has 0 bridgehead atoms. The van der Waals surface area contributed by atoms with Crippen LogP contribution in [0.25, 0.3) is 0 Å². The van der Waals surface area contributed by atoms with Crippen molar-refractivity contribution in [3.63, 3.8) is 0 Å². The molecule has 1 aliphatic rings. The number of halogens is 1. The second-order valence-corrected chi connectivity index (χ2v) is 3.99. The van der Waals surface area contributed by atoms with E-state index >= 15 is 0 Å². The molecule has 2 rings (SSSR count). The van der Waals surface area contributed by atoms with Gasteiger partial charge in [-0.15, -0.1) is 0 Å². The Balaban J connectivity index is 1.80. The summed E-state index contributed by atoms with van der Waals surface area (Å²) in [4.78, 5) is 0. The van der Waals surface area contributed by atoms with Gasteiger partial charge >= 0.3 is 0 Å². The Bertz CT molecular complexity index is 351. The first-order valence-corrected chi connectivity index (χ1v) is 5.49. The number of hydrogen-bond acceptors (Lipinski definition) is 3. The van der Waals surface area contributed by atoms with Crippen LogP contribution in [-0.4, -0.2) is 19.3 Å². The van der Waals surface area contributed by atoms with Crippen LogP contribution in [0, 0.1) is 5.82 Å². The van der Waals surface area contributed by atoms with Crippen molar-refractivity contribution in [2.75, 3.05) is 18.9 Å². The first-order valence-electron chi connectivity index (χ1n) is 5.49. The zero-order valence-corrected chi connectivity index (χ0v) is 9.12. The van der Waals surface area contributed by atoms with Crippen molar-refractivity contribution in [1.82, 2.24) is 0 Å². The van der Waals surface area contributed by atoms with Crippen molar-refractivity contribution < 1.29 is 13.9 Å². The Morgan fingerprint density at radius 3 is 3.06 bits per heavy atom. The Morgan fingerprint density at radius 2 is 2.38 bits per heavy atom. The molecule has 0 saturated carbocycles. The van der Waals surface area contributed by atoms with E-state index < -0.39 is 0 Å². The van der Waals surface area contributed by atoms with Gasteiger partial charge in [0.05, 0.1) is 19.3 Å². The Morgan fingerprint density at radius 1 is 1.50 bits per heavy atom. The molecule has 0 spiro atoms. The van der Waals surface area contributed by atoms with Gasteiger partial charge in [0.1, 0.15) is 5.82 Å². The fourth-order valence-corrected chi connectivity index (χ4v) is 1.77. The summed E-state index contributed by atoms with van der Waals surface area (Å²) >= 11 is 0. The van der Waals surface area contributed by atoms with Crippen LogP contribution in [0.4, 0.5) is 10.1 Å². The van der Waals surface area contributed by atoms with Gasteiger partial charge in [-0.2, -0.15) is 0 Å². The third-order valence-corrected chi connectivity index (χ3v) is 2.69. The summed E-state index contributed by atoms with van der Waals surface area (Å²) in [7, 11) is 0. The third kappa shape index (κ3) is 2.93. The largest absolute Gasteiger partial charge is 0.398 e. The number of nitrogens with two attached hydrogens (primary N) is 1. The predicted molar refractivity (Wildman–Crippen MR) is 59.4 cm³/mol. The molecule has 0 amide bonds. The molecule has 1 aromatic rings. The number of hydrogen-bond donors (Lipinski definition) is 1. The molecular weight excluding hydrogens is 209 g/mol. The Hall–Kier alpha value is -1.13. The maximum absolute atomic E-state index is 12.8. The van der Waals surface area contributed by atoms with Crippen molar-refractivity contribution in [2.24, 2.45) is 0 Å². The normalized spacial score (nSPS) is 20.2. The molecule has 0 aliphatic carbocycles. The van der Waals surface area contributed by atoms with E-state index in [0.29, 0.717) is 18.9 Å². The monoisotopic (exact) mass is 225 g/mol. The molecule has 1 aliphatic heterocycles. The molecule has 2 N–H and O–H groups in total. The van der Waals surface area contributed by atoms with Gasteiger partial charge in [0.25, 0.3) is 0 Å². The molecule has 1 aromatic carbocycles. The second-order valence-electron chi connectivity index (χ2n) is 3.99. The summed E-state index contributed by atoms with van der Waals surface area (Å²) in [6.07, 6.45) is 2.37. The highest BCUT2D eigenvalue weighted by Crippen LogP contribution is 2.16. The molecule has 16 heavy (non-hydrogen) atoms. The summed E-state index contributed by atoms with van der Waals surface area (Å²) in [6.45, 7) is 1.81. The minimum Gasteiger partial charge on any atom is -0.398 e. The van der Waals surface area contributed by atoms with E-state index in [4.69, 9.17) is 15.2 Å². The summed E-state index contributed by atoms with van der Waals surface area (Å²) in [6, 6.07) is 4.35. The lowest BCUT2D eigenvalue weighted by Gasteiger charge is -2.11. The van der Waals surface area contributed by atoms with Crippen molar-refractivity contribution in [2.45, 2.75) is 25.6 Å². The zero-order valence-electron chi connectivity index (χ0n) is 9.12. The second kappa shape index (κ2) is 5.27. The molecule has 1 fully saturated rings. The van der Waals surface area contributed by atoms with Crippen LogP contribution >= 0.6 is 0 Å². The highest BCUT2D eigenvalue weighted by atomic mass is 19.1. The molecule has 1 unspecified atom stereocenters. The van der Waals surface area contributed by atoms with Crippen molar-refractivity contribution in [3.8, 4) is 0 Å². The van der Waals surface area contributed by atoms with E-state index in [9.17, 15) is 4.39 Å². The smallest absolute Gasteiger partial charge is 0.125 e. The molecule has 3 nitrogen and oxygen atoms in total. The fourth-order valence-electron chi connectivity index (χ4n) is 1.77. The van der Waals surface area contributed by atoms with E-state index in [1.54, 1.807) is 6.07 Å². The first kappa shape index (κ1) is 11.4. The number of nitrogen functional groups attached to an aromatic ring is 1. The van der Waals surface area contributed by atoms with Crippen LogP contribution in [0.15, 0.2) is 18.2 Å². The minimum atomic E-state index is -0.319. The van der Waals surface area contributed by atoms with Crippen LogP contribution in [0.1, 0.15) is 18.4 Å². The van der Waals surface area contributed by atoms with Gasteiger partial charge in [-0.25, -0.2) is 4.39 Å². The molecule has 0 aromatic heterocycles. The lowest BCUT2D eigenvalue weighted by Crippen LogP contribution is -2.14. The summed E-state index contributed by atoms with van der Waals surface area (Å²) in [5.74, 6) is -0.319. The lowest BCUT2D eigenvalue weighted by atomic mass is 10.2. The fraction of sp³-hybridized carbons (Fsp3) is 0.500. The van der Waals surface area contributed by atoms with Gasteiger partial charge in [0, 0.05) is 17.9 Å². The van der Waals surface area contributed by atoms with Gasteiger partial charge in [0.2, 0.25) is 0 Å². The Labute approximate surface area is 94.3 Å². The van der Waals surface area contributed by atoms with Gasteiger partial charge in [-0.1, -0.05) is 6.07 Å². The standard InChI is InChI=1S/C12H16FNO2/c13-10-4-3-9(12(14)6-10)7-15-8-11-2-1-5-16-11/h3-4,6,11H,1-2,5,7-8,14H2. The van der Waals surface area contributed by atoms with E-state index in [2.05, 4.69) is 0 Å². The van der Waals surface area contributed by atoms with Gasteiger partial charge in [-0.3, -0.25) is 0 Å². The number of benzene rings is 1. The topological polar surface area (TPSA) is 44.5 Å². The summed E-state index contributed by atoms with van der Waals surface area (Å²) < 4.78 is 23.7. The quantitative estimate of drug-likeness (QED) is 0.798. The summed E-state index contributed by atoms with van der Waals surface area (Å²) in [5.41, 5.74) is 6.92. The lowest BCUT2D eigenvalue weighted by molar-refractivity contribution is 0.0107. The van der Waals surface area contributed by atoms with Crippen molar-refractivity contribution in [3.05, 3.63) is 29.6 Å². The number of anilines is 1. The highest BCUT2D eigenvalue weighted by molar-refractivity contribution is 5.46. The van der Waals surface area contributed by atoms with Crippen molar-refractivity contribution in [1.29, 1.82) is 0 Å². The van der Waals surface area contributed by atoms with E-state index in [-0.39, 0.29) is 11.9 Å². The van der Waals surface area contributed by atoms with Crippen LogP contribution in [0.5, 0.6) is 0 Å². The molecule has 0 radical (unpaired) electrons. The molecule has 1 heterocycles. The number of ether oxygens (including phenoxy) is 2. The molecule has 1 atom stereocenters.